The summed E-state index contributed by atoms with van der Waals surface area (Å²) in [5, 5.41) is 3.78. The average molecular weight is 280 g/mol. The van der Waals surface area contributed by atoms with Crippen molar-refractivity contribution >= 4 is 11.6 Å². The van der Waals surface area contributed by atoms with Crippen LogP contribution in [0, 0.1) is 5.82 Å². The highest BCUT2D eigenvalue weighted by Crippen LogP contribution is 2.33. The molecule has 0 aliphatic heterocycles. The Balaban J connectivity index is 2.54. The Bertz CT molecular complexity index is 574. The maximum absolute atomic E-state index is 13.5. The third kappa shape index (κ3) is 2.88. The van der Waals surface area contributed by atoms with Gasteiger partial charge in [-0.3, -0.25) is 0 Å². The van der Waals surface area contributed by atoms with Crippen LogP contribution in [0.5, 0.6) is 5.75 Å². The first-order valence-electron chi connectivity index (χ1n) is 5.92. The van der Waals surface area contributed by atoms with E-state index in [1.165, 1.54) is 12.1 Å². The molecule has 2 rings (SSSR count). The first-order valence-corrected chi connectivity index (χ1v) is 6.30. The Labute approximate surface area is 117 Å². The van der Waals surface area contributed by atoms with E-state index in [4.69, 9.17) is 16.3 Å². The smallest absolute Gasteiger partial charge is 0.124 e. The number of benzene rings is 2. The summed E-state index contributed by atoms with van der Waals surface area (Å²) < 4.78 is 18.8. The molecular formula is C15H15ClFNO. The molecule has 0 aliphatic rings. The van der Waals surface area contributed by atoms with Crippen LogP contribution < -0.4 is 10.1 Å². The minimum atomic E-state index is -0.303. The van der Waals surface area contributed by atoms with Gasteiger partial charge in [0, 0.05) is 10.6 Å². The SMILES string of the molecule is CNC(c1ccccc1Cl)c1cc(F)ccc1OC. The summed E-state index contributed by atoms with van der Waals surface area (Å²) in [6, 6.07) is 11.7. The van der Waals surface area contributed by atoms with Gasteiger partial charge in [-0.2, -0.15) is 0 Å². The number of rotatable bonds is 4. The van der Waals surface area contributed by atoms with E-state index in [1.54, 1.807) is 20.2 Å². The Hall–Kier alpha value is -1.58. The molecule has 100 valence electrons. The van der Waals surface area contributed by atoms with Gasteiger partial charge in [0.1, 0.15) is 11.6 Å². The van der Waals surface area contributed by atoms with E-state index < -0.39 is 0 Å². The third-order valence-electron chi connectivity index (χ3n) is 3.01. The van der Waals surface area contributed by atoms with Crippen molar-refractivity contribution in [3.63, 3.8) is 0 Å². The summed E-state index contributed by atoms with van der Waals surface area (Å²) in [6.45, 7) is 0. The summed E-state index contributed by atoms with van der Waals surface area (Å²) >= 11 is 6.21. The van der Waals surface area contributed by atoms with Gasteiger partial charge in [-0.05, 0) is 36.9 Å². The first-order chi connectivity index (χ1) is 9.17. The van der Waals surface area contributed by atoms with E-state index >= 15 is 0 Å². The highest BCUT2D eigenvalue weighted by molar-refractivity contribution is 6.31. The van der Waals surface area contributed by atoms with Gasteiger partial charge in [0.25, 0.3) is 0 Å². The van der Waals surface area contributed by atoms with Crippen LogP contribution in [0.4, 0.5) is 4.39 Å². The predicted octanol–water partition coefficient (Wildman–Crippen LogP) is 3.80. The normalized spacial score (nSPS) is 12.2. The molecule has 2 aromatic rings. The highest BCUT2D eigenvalue weighted by Gasteiger charge is 2.19. The van der Waals surface area contributed by atoms with E-state index in [-0.39, 0.29) is 11.9 Å². The quantitative estimate of drug-likeness (QED) is 0.919. The lowest BCUT2D eigenvalue weighted by Crippen LogP contribution is -2.19. The largest absolute Gasteiger partial charge is 0.496 e. The van der Waals surface area contributed by atoms with Gasteiger partial charge < -0.3 is 10.1 Å². The van der Waals surface area contributed by atoms with Gasteiger partial charge >= 0.3 is 0 Å². The average Bonchev–Trinajstić information content (AvgIpc) is 2.42. The summed E-state index contributed by atoms with van der Waals surface area (Å²) in [5.41, 5.74) is 1.61. The van der Waals surface area contributed by atoms with Crippen molar-refractivity contribution in [2.24, 2.45) is 0 Å². The number of halogens is 2. The molecule has 0 amide bonds. The highest BCUT2D eigenvalue weighted by atomic mass is 35.5. The Morgan fingerprint density at radius 1 is 1.16 bits per heavy atom. The molecule has 0 fully saturated rings. The van der Waals surface area contributed by atoms with E-state index in [9.17, 15) is 4.39 Å². The van der Waals surface area contributed by atoms with Crippen LogP contribution >= 0.6 is 11.6 Å². The second-order valence-electron chi connectivity index (χ2n) is 4.13. The van der Waals surface area contributed by atoms with Crippen LogP contribution in [0.3, 0.4) is 0 Å². The van der Waals surface area contributed by atoms with Gasteiger partial charge in [0.05, 0.1) is 13.2 Å². The molecule has 0 bridgehead atoms. The molecule has 2 nitrogen and oxygen atoms in total. The van der Waals surface area contributed by atoms with Crippen LogP contribution in [-0.4, -0.2) is 14.2 Å². The van der Waals surface area contributed by atoms with Crippen molar-refractivity contribution in [3.8, 4) is 5.75 Å². The minimum Gasteiger partial charge on any atom is -0.496 e. The molecule has 0 aliphatic carbocycles. The molecule has 2 aromatic carbocycles. The van der Waals surface area contributed by atoms with Crippen molar-refractivity contribution in [1.82, 2.24) is 5.32 Å². The second-order valence-corrected chi connectivity index (χ2v) is 4.54. The Morgan fingerprint density at radius 2 is 1.89 bits per heavy atom. The van der Waals surface area contributed by atoms with Gasteiger partial charge in [-0.15, -0.1) is 0 Å². The summed E-state index contributed by atoms with van der Waals surface area (Å²) in [5.74, 6) is 0.323. The molecule has 0 spiro atoms. The standard InChI is InChI=1S/C15H15ClFNO/c1-18-15(11-5-3-4-6-13(11)16)12-9-10(17)7-8-14(12)19-2/h3-9,15,18H,1-2H3. The van der Waals surface area contributed by atoms with Crippen molar-refractivity contribution in [2.75, 3.05) is 14.2 Å². The number of hydrogen-bond acceptors (Lipinski definition) is 2. The molecule has 0 aromatic heterocycles. The molecule has 19 heavy (non-hydrogen) atoms. The molecule has 0 saturated heterocycles. The molecule has 0 radical (unpaired) electrons. The van der Waals surface area contributed by atoms with Crippen molar-refractivity contribution < 1.29 is 9.13 Å². The molecule has 1 unspecified atom stereocenters. The lowest BCUT2D eigenvalue weighted by Gasteiger charge is -2.21. The van der Waals surface area contributed by atoms with Gasteiger partial charge in [0.15, 0.2) is 0 Å². The van der Waals surface area contributed by atoms with Gasteiger partial charge in [-0.25, -0.2) is 4.39 Å². The van der Waals surface area contributed by atoms with E-state index in [0.29, 0.717) is 10.8 Å². The van der Waals surface area contributed by atoms with Crippen molar-refractivity contribution in [3.05, 3.63) is 64.4 Å². The van der Waals surface area contributed by atoms with Crippen LogP contribution in [-0.2, 0) is 0 Å². The number of hydrogen-bond donors (Lipinski definition) is 1. The fourth-order valence-electron chi connectivity index (χ4n) is 2.12. The van der Waals surface area contributed by atoms with Crippen LogP contribution in [0.15, 0.2) is 42.5 Å². The van der Waals surface area contributed by atoms with Crippen molar-refractivity contribution in [1.29, 1.82) is 0 Å². The monoisotopic (exact) mass is 279 g/mol. The van der Waals surface area contributed by atoms with Crippen molar-refractivity contribution in [2.45, 2.75) is 6.04 Å². The van der Waals surface area contributed by atoms with Crippen LogP contribution in [0.25, 0.3) is 0 Å². The summed E-state index contributed by atoms with van der Waals surface area (Å²) in [7, 11) is 3.37. The zero-order valence-corrected chi connectivity index (χ0v) is 11.5. The Morgan fingerprint density at radius 3 is 2.53 bits per heavy atom. The fraction of sp³-hybridized carbons (Fsp3) is 0.200. The summed E-state index contributed by atoms with van der Waals surface area (Å²) in [6.07, 6.45) is 0. The maximum Gasteiger partial charge on any atom is 0.124 e. The molecule has 0 heterocycles. The number of ether oxygens (including phenoxy) is 1. The van der Waals surface area contributed by atoms with E-state index in [1.807, 2.05) is 24.3 Å². The first kappa shape index (κ1) is 13.8. The van der Waals surface area contributed by atoms with Gasteiger partial charge in [-0.1, -0.05) is 29.8 Å². The second kappa shape index (κ2) is 6.04. The van der Waals surface area contributed by atoms with E-state index in [2.05, 4.69) is 5.32 Å². The maximum atomic E-state index is 13.5. The topological polar surface area (TPSA) is 21.3 Å². The minimum absolute atomic E-state index is 0.223. The molecule has 1 atom stereocenters. The number of nitrogens with one attached hydrogen (secondary N) is 1. The molecule has 1 N–H and O–H groups in total. The van der Waals surface area contributed by atoms with E-state index in [0.717, 1.165) is 11.1 Å². The van der Waals surface area contributed by atoms with Crippen LogP contribution in [0.2, 0.25) is 5.02 Å². The molecule has 4 heteroatoms. The predicted molar refractivity (Wildman–Crippen MR) is 75.3 cm³/mol. The lowest BCUT2D eigenvalue weighted by atomic mass is 9.98. The van der Waals surface area contributed by atoms with Crippen LogP contribution in [0.1, 0.15) is 17.2 Å². The Kier molecular flexibility index (Phi) is 4.40. The summed E-state index contributed by atoms with van der Waals surface area (Å²) in [4.78, 5) is 0. The zero-order valence-electron chi connectivity index (χ0n) is 10.8. The molecule has 0 saturated carbocycles. The zero-order chi connectivity index (χ0) is 13.8. The van der Waals surface area contributed by atoms with Gasteiger partial charge in [0.2, 0.25) is 0 Å². The third-order valence-corrected chi connectivity index (χ3v) is 3.35. The number of methoxy groups -OCH3 is 1. The fourth-order valence-corrected chi connectivity index (χ4v) is 2.36. The molecular weight excluding hydrogens is 265 g/mol. The lowest BCUT2D eigenvalue weighted by molar-refractivity contribution is 0.404.